The second-order valence-corrected chi connectivity index (χ2v) is 5.77. The van der Waals surface area contributed by atoms with E-state index in [0.29, 0.717) is 13.2 Å². The first kappa shape index (κ1) is 18.5. The first-order valence-corrected chi connectivity index (χ1v) is 8.28. The van der Waals surface area contributed by atoms with Crippen molar-refractivity contribution in [1.82, 2.24) is 5.43 Å². The van der Waals surface area contributed by atoms with Crippen LogP contribution in [0.2, 0.25) is 0 Å². The Morgan fingerprint density at radius 3 is 2.48 bits per heavy atom. The monoisotopic (exact) mass is 340 g/mol. The molecule has 25 heavy (non-hydrogen) atoms. The first-order chi connectivity index (χ1) is 12.1. The maximum atomic E-state index is 10.8. The topological polar surface area (TPSA) is 59.9 Å². The molecule has 1 amide bonds. The summed E-state index contributed by atoms with van der Waals surface area (Å²) in [5.74, 6) is 1.52. The Bertz CT molecular complexity index is 721. The molecule has 2 aromatic rings. The molecule has 0 atom stereocenters. The van der Waals surface area contributed by atoms with Gasteiger partial charge in [-0.15, -0.1) is 0 Å². The Labute approximate surface area is 148 Å². The first-order valence-electron chi connectivity index (χ1n) is 8.28. The van der Waals surface area contributed by atoms with Gasteiger partial charge in [0.2, 0.25) is 5.91 Å². The molecule has 0 radical (unpaired) electrons. The third-order valence-electron chi connectivity index (χ3n) is 3.51. The number of ether oxygens (including phenoxy) is 2. The van der Waals surface area contributed by atoms with E-state index in [0.717, 1.165) is 34.6 Å². The van der Waals surface area contributed by atoms with Crippen molar-refractivity contribution in [2.75, 3.05) is 13.2 Å². The lowest BCUT2D eigenvalue weighted by atomic mass is 10.1. The van der Waals surface area contributed by atoms with Gasteiger partial charge in [-0.3, -0.25) is 4.79 Å². The summed E-state index contributed by atoms with van der Waals surface area (Å²) >= 11 is 0. The van der Waals surface area contributed by atoms with Crippen LogP contribution in [0.4, 0.5) is 0 Å². The van der Waals surface area contributed by atoms with Gasteiger partial charge in [-0.25, -0.2) is 5.43 Å². The highest BCUT2D eigenvalue weighted by Crippen LogP contribution is 2.22. The summed E-state index contributed by atoms with van der Waals surface area (Å²) in [7, 11) is 0. The number of hydrogen-bond acceptors (Lipinski definition) is 4. The lowest BCUT2D eigenvalue weighted by molar-refractivity contribution is -0.118. The summed E-state index contributed by atoms with van der Waals surface area (Å²) < 4.78 is 11.6. The standard InChI is InChI=1S/C20H24N2O3/c1-15-7-4-8-16(2)20(15)25-12-6-11-24-19-10-5-9-18(13-19)14-21-22-17(3)23/h4-5,7-10,13-14H,6,11-12H2,1-3H3,(H,22,23)/b21-14+. The summed E-state index contributed by atoms with van der Waals surface area (Å²) in [5.41, 5.74) is 5.52. The number of rotatable bonds is 8. The molecule has 0 aliphatic heterocycles. The molecular weight excluding hydrogens is 316 g/mol. The fourth-order valence-corrected chi connectivity index (χ4v) is 2.33. The molecule has 0 saturated carbocycles. The lowest BCUT2D eigenvalue weighted by Crippen LogP contribution is -2.12. The van der Waals surface area contributed by atoms with Gasteiger partial charge in [-0.05, 0) is 42.7 Å². The third-order valence-corrected chi connectivity index (χ3v) is 3.51. The SMILES string of the molecule is CC(=O)N/N=C/c1cccc(OCCCOc2c(C)cccc2C)c1. The zero-order valence-electron chi connectivity index (χ0n) is 14.9. The Kier molecular flexibility index (Phi) is 7.01. The predicted octanol–water partition coefficient (Wildman–Crippen LogP) is 3.62. The van der Waals surface area contributed by atoms with Crippen LogP contribution < -0.4 is 14.9 Å². The molecule has 0 unspecified atom stereocenters. The summed E-state index contributed by atoms with van der Waals surface area (Å²) in [6.07, 6.45) is 2.37. The molecular formula is C20H24N2O3. The highest BCUT2D eigenvalue weighted by Gasteiger charge is 2.03. The normalized spacial score (nSPS) is 10.7. The fraction of sp³-hybridized carbons (Fsp3) is 0.300. The summed E-state index contributed by atoms with van der Waals surface area (Å²) in [6.45, 7) is 6.68. The van der Waals surface area contributed by atoms with Crippen LogP contribution in [-0.2, 0) is 4.79 Å². The zero-order chi connectivity index (χ0) is 18.1. The van der Waals surface area contributed by atoms with Crippen LogP contribution in [0.1, 0.15) is 30.0 Å². The minimum Gasteiger partial charge on any atom is -0.493 e. The second-order valence-electron chi connectivity index (χ2n) is 5.77. The summed E-state index contributed by atoms with van der Waals surface area (Å²) in [5, 5.41) is 3.84. The number of carbonyl (C=O) groups is 1. The number of amides is 1. The van der Waals surface area contributed by atoms with Crippen LogP contribution in [0, 0.1) is 13.8 Å². The Morgan fingerprint density at radius 1 is 1.08 bits per heavy atom. The number of benzene rings is 2. The van der Waals surface area contributed by atoms with E-state index in [9.17, 15) is 4.79 Å². The van der Waals surface area contributed by atoms with Crippen molar-refractivity contribution in [3.63, 3.8) is 0 Å². The van der Waals surface area contributed by atoms with Crippen LogP contribution in [0.25, 0.3) is 0 Å². The maximum absolute atomic E-state index is 10.8. The Morgan fingerprint density at radius 2 is 1.76 bits per heavy atom. The van der Waals surface area contributed by atoms with E-state index in [1.807, 2.05) is 56.3 Å². The lowest BCUT2D eigenvalue weighted by Gasteiger charge is -2.12. The van der Waals surface area contributed by atoms with Gasteiger partial charge in [-0.2, -0.15) is 5.10 Å². The number of para-hydroxylation sites is 1. The predicted molar refractivity (Wildman–Crippen MR) is 99.4 cm³/mol. The number of hydrogen-bond donors (Lipinski definition) is 1. The molecule has 0 aromatic heterocycles. The van der Waals surface area contributed by atoms with Gasteiger partial charge >= 0.3 is 0 Å². The van der Waals surface area contributed by atoms with E-state index < -0.39 is 0 Å². The van der Waals surface area contributed by atoms with Gasteiger partial charge in [0.15, 0.2) is 0 Å². The summed E-state index contributed by atoms with van der Waals surface area (Å²) in [6, 6.07) is 13.7. The number of carbonyl (C=O) groups excluding carboxylic acids is 1. The van der Waals surface area contributed by atoms with Crippen molar-refractivity contribution in [2.45, 2.75) is 27.2 Å². The van der Waals surface area contributed by atoms with Gasteiger partial charge in [0.1, 0.15) is 11.5 Å². The Balaban J connectivity index is 1.76. The minimum atomic E-state index is -0.201. The summed E-state index contributed by atoms with van der Waals surface area (Å²) in [4.78, 5) is 10.8. The average Bonchev–Trinajstić information content (AvgIpc) is 2.57. The molecule has 132 valence electrons. The highest BCUT2D eigenvalue weighted by atomic mass is 16.5. The third kappa shape index (κ3) is 6.30. The van der Waals surface area contributed by atoms with Crippen molar-refractivity contribution < 1.29 is 14.3 Å². The Hall–Kier alpha value is -2.82. The molecule has 0 heterocycles. The number of nitrogens with zero attached hydrogens (tertiary/aromatic N) is 1. The van der Waals surface area contributed by atoms with Gasteiger partial charge in [0.25, 0.3) is 0 Å². The van der Waals surface area contributed by atoms with Crippen LogP contribution in [0.5, 0.6) is 11.5 Å². The van der Waals surface area contributed by atoms with E-state index in [1.165, 1.54) is 6.92 Å². The molecule has 2 aromatic carbocycles. The van der Waals surface area contributed by atoms with Crippen LogP contribution in [0.15, 0.2) is 47.6 Å². The molecule has 0 saturated heterocycles. The van der Waals surface area contributed by atoms with E-state index in [4.69, 9.17) is 9.47 Å². The smallest absolute Gasteiger partial charge is 0.236 e. The van der Waals surface area contributed by atoms with Crippen molar-refractivity contribution >= 4 is 12.1 Å². The largest absolute Gasteiger partial charge is 0.493 e. The van der Waals surface area contributed by atoms with Crippen molar-refractivity contribution in [3.05, 3.63) is 59.2 Å². The van der Waals surface area contributed by atoms with Crippen molar-refractivity contribution in [1.29, 1.82) is 0 Å². The molecule has 0 bridgehead atoms. The van der Waals surface area contributed by atoms with Gasteiger partial charge in [0.05, 0.1) is 19.4 Å². The van der Waals surface area contributed by atoms with Gasteiger partial charge in [-0.1, -0.05) is 30.3 Å². The zero-order valence-corrected chi connectivity index (χ0v) is 14.9. The van der Waals surface area contributed by atoms with Crippen molar-refractivity contribution in [2.24, 2.45) is 5.10 Å². The average molecular weight is 340 g/mol. The van der Waals surface area contributed by atoms with E-state index in [1.54, 1.807) is 6.21 Å². The molecule has 0 aliphatic carbocycles. The van der Waals surface area contributed by atoms with Crippen LogP contribution in [-0.4, -0.2) is 25.3 Å². The molecule has 2 rings (SSSR count). The van der Waals surface area contributed by atoms with E-state index >= 15 is 0 Å². The maximum Gasteiger partial charge on any atom is 0.236 e. The number of hydrazone groups is 1. The quantitative estimate of drug-likeness (QED) is 0.453. The molecule has 5 nitrogen and oxygen atoms in total. The van der Waals surface area contributed by atoms with Crippen LogP contribution >= 0.6 is 0 Å². The van der Waals surface area contributed by atoms with E-state index in [-0.39, 0.29) is 5.91 Å². The van der Waals surface area contributed by atoms with Crippen LogP contribution in [0.3, 0.4) is 0 Å². The molecule has 0 spiro atoms. The minimum absolute atomic E-state index is 0.201. The molecule has 0 aliphatic rings. The fourth-order valence-electron chi connectivity index (χ4n) is 2.33. The number of aryl methyl sites for hydroxylation is 2. The number of nitrogens with one attached hydrogen (secondary N) is 1. The molecule has 5 heteroatoms. The molecule has 0 fully saturated rings. The van der Waals surface area contributed by atoms with E-state index in [2.05, 4.69) is 10.5 Å². The van der Waals surface area contributed by atoms with Gasteiger partial charge < -0.3 is 9.47 Å². The van der Waals surface area contributed by atoms with Crippen molar-refractivity contribution in [3.8, 4) is 11.5 Å². The second kappa shape index (κ2) is 9.47. The molecule has 1 N–H and O–H groups in total. The van der Waals surface area contributed by atoms with Gasteiger partial charge in [0, 0.05) is 13.3 Å². The highest BCUT2D eigenvalue weighted by molar-refractivity contribution is 5.82.